The number of nitrogens with zero attached hydrogens (tertiary/aromatic N) is 1. The van der Waals surface area contributed by atoms with E-state index in [9.17, 15) is 0 Å². The van der Waals surface area contributed by atoms with E-state index in [0.29, 0.717) is 5.92 Å². The molecule has 2 aromatic heterocycles. The second kappa shape index (κ2) is 8.44. The molecule has 0 saturated carbocycles. The summed E-state index contributed by atoms with van der Waals surface area (Å²) in [6.45, 7) is 4.39. The maximum Gasteiger partial charge on any atom is 0.139 e. The monoisotopic (exact) mass is 519 g/mol. The highest BCUT2D eigenvalue weighted by Gasteiger charge is 2.19. The van der Waals surface area contributed by atoms with Crippen molar-refractivity contribution in [3.05, 3.63) is 89.4 Å². The average Bonchev–Trinajstić information content (AvgIpc) is 3.47. The van der Waals surface area contributed by atoms with Gasteiger partial charge in [0.05, 0.1) is 30.3 Å². The number of hydrogen-bond donors (Lipinski definition) is 0. The van der Waals surface area contributed by atoms with Crippen LogP contribution in [0.5, 0.6) is 11.5 Å². The molecule has 7 aromatic rings. The zero-order valence-electron chi connectivity index (χ0n) is 21.6. The first kappa shape index (κ1) is 23.0. The Kier molecular flexibility index (Phi) is 5.11. The predicted octanol–water partition coefficient (Wildman–Crippen LogP) is 9.63. The highest BCUT2D eigenvalue weighted by Crippen LogP contribution is 2.41. The van der Waals surface area contributed by atoms with Gasteiger partial charge in [0.15, 0.2) is 0 Å². The molecule has 5 aromatic carbocycles. The zero-order chi connectivity index (χ0) is 26.1. The summed E-state index contributed by atoms with van der Waals surface area (Å²) in [5, 5.41) is 7.48. The van der Waals surface area contributed by atoms with E-state index in [1.807, 2.05) is 24.3 Å². The smallest absolute Gasteiger partial charge is 0.139 e. The average molecular weight is 520 g/mol. The lowest BCUT2D eigenvalue weighted by molar-refractivity contribution is 0.414. The molecule has 38 heavy (non-hydrogen) atoms. The maximum absolute atomic E-state index is 7.00. The van der Waals surface area contributed by atoms with Gasteiger partial charge in [0.25, 0.3) is 0 Å². The Hall–Kier alpha value is -4.15. The van der Waals surface area contributed by atoms with Crippen molar-refractivity contribution in [1.29, 1.82) is 0 Å². The molecule has 0 aliphatic rings. The third kappa shape index (κ3) is 3.30. The Morgan fingerprint density at radius 3 is 2.21 bits per heavy atom. The Morgan fingerprint density at radius 1 is 0.711 bits per heavy atom. The van der Waals surface area contributed by atoms with E-state index in [2.05, 4.69) is 73.0 Å². The number of furan rings is 1. The number of hydrogen-bond acceptors (Lipinski definition) is 3. The second-order valence-electron chi connectivity index (χ2n) is 10.1. The molecule has 0 fully saturated rings. The van der Waals surface area contributed by atoms with E-state index in [4.69, 9.17) is 25.5 Å². The van der Waals surface area contributed by atoms with E-state index in [0.717, 1.165) is 76.7 Å². The molecule has 0 spiro atoms. The summed E-state index contributed by atoms with van der Waals surface area (Å²) in [6.07, 6.45) is 0. The Labute approximate surface area is 224 Å². The third-order valence-electron chi connectivity index (χ3n) is 7.61. The lowest BCUT2D eigenvalue weighted by atomic mass is 10.0. The molecular weight excluding hydrogens is 494 g/mol. The van der Waals surface area contributed by atoms with Crippen LogP contribution in [0.15, 0.2) is 83.3 Å². The van der Waals surface area contributed by atoms with Crippen LogP contribution in [0.4, 0.5) is 0 Å². The first-order valence-corrected chi connectivity index (χ1v) is 13.1. The topological polar surface area (TPSA) is 36.5 Å². The van der Waals surface area contributed by atoms with Crippen LogP contribution in [0, 0.1) is 0 Å². The van der Waals surface area contributed by atoms with Gasteiger partial charge in [0, 0.05) is 39.4 Å². The molecule has 5 heteroatoms. The second-order valence-corrected chi connectivity index (χ2v) is 10.5. The summed E-state index contributed by atoms with van der Waals surface area (Å²) in [6, 6.07) is 27.3. The van der Waals surface area contributed by atoms with Gasteiger partial charge in [-0.2, -0.15) is 0 Å². The van der Waals surface area contributed by atoms with Crippen LogP contribution < -0.4 is 9.47 Å². The minimum absolute atomic E-state index is 0.376. The van der Waals surface area contributed by atoms with Crippen molar-refractivity contribution >= 4 is 66.1 Å². The number of methoxy groups -OCH3 is 2. The van der Waals surface area contributed by atoms with E-state index < -0.39 is 0 Å². The molecule has 0 bridgehead atoms. The molecule has 0 aliphatic heterocycles. The van der Waals surface area contributed by atoms with Crippen molar-refractivity contribution in [2.45, 2.75) is 19.8 Å². The van der Waals surface area contributed by atoms with Crippen molar-refractivity contribution in [2.75, 3.05) is 14.2 Å². The lowest BCUT2D eigenvalue weighted by Crippen LogP contribution is -1.96. The van der Waals surface area contributed by atoms with E-state index in [-0.39, 0.29) is 0 Å². The van der Waals surface area contributed by atoms with Gasteiger partial charge < -0.3 is 18.5 Å². The van der Waals surface area contributed by atoms with Gasteiger partial charge in [0.2, 0.25) is 0 Å². The van der Waals surface area contributed by atoms with Crippen molar-refractivity contribution in [3.63, 3.8) is 0 Å². The fourth-order valence-electron chi connectivity index (χ4n) is 5.66. The van der Waals surface area contributed by atoms with Gasteiger partial charge in [0.1, 0.15) is 22.7 Å². The normalized spacial score (nSPS) is 12.1. The van der Waals surface area contributed by atoms with Crippen molar-refractivity contribution in [2.24, 2.45) is 0 Å². The predicted molar refractivity (Wildman–Crippen MR) is 158 cm³/mol. The van der Waals surface area contributed by atoms with Crippen LogP contribution in [0.25, 0.3) is 60.2 Å². The number of benzene rings is 5. The first-order chi connectivity index (χ1) is 18.5. The van der Waals surface area contributed by atoms with Crippen LogP contribution in [-0.2, 0) is 0 Å². The third-order valence-corrected chi connectivity index (χ3v) is 7.90. The molecule has 0 radical (unpaired) electrons. The summed E-state index contributed by atoms with van der Waals surface area (Å²) in [4.78, 5) is 0. The SMILES string of the molecule is COc1ccc2c(c1)oc1ccc3cc(-n4c5cc(OC)ccc5c5cc(C(C)C)cc(Cl)c54)ccc3c12. The highest BCUT2D eigenvalue weighted by atomic mass is 35.5. The van der Waals surface area contributed by atoms with E-state index in [1.54, 1.807) is 14.2 Å². The minimum Gasteiger partial charge on any atom is -0.497 e. The van der Waals surface area contributed by atoms with Crippen LogP contribution >= 0.6 is 11.6 Å². The minimum atomic E-state index is 0.376. The molecule has 0 amide bonds. The van der Waals surface area contributed by atoms with Crippen LogP contribution in [0.2, 0.25) is 5.02 Å². The lowest BCUT2D eigenvalue weighted by Gasteiger charge is -2.12. The molecule has 4 nitrogen and oxygen atoms in total. The maximum atomic E-state index is 7.00. The van der Waals surface area contributed by atoms with Crippen molar-refractivity contribution in [3.8, 4) is 17.2 Å². The van der Waals surface area contributed by atoms with Crippen LogP contribution in [-0.4, -0.2) is 18.8 Å². The Balaban J connectivity index is 1.53. The molecule has 188 valence electrons. The van der Waals surface area contributed by atoms with Crippen LogP contribution in [0.3, 0.4) is 0 Å². The number of rotatable bonds is 4. The number of ether oxygens (including phenoxy) is 2. The molecular formula is C33H26ClNO3. The van der Waals surface area contributed by atoms with Gasteiger partial charge in [-0.15, -0.1) is 0 Å². The summed E-state index contributed by atoms with van der Waals surface area (Å²) in [5.74, 6) is 1.97. The van der Waals surface area contributed by atoms with Gasteiger partial charge >= 0.3 is 0 Å². The van der Waals surface area contributed by atoms with Gasteiger partial charge in [-0.1, -0.05) is 37.6 Å². The fourth-order valence-corrected chi connectivity index (χ4v) is 5.98. The molecule has 7 rings (SSSR count). The van der Waals surface area contributed by atoms with E-state index in [1.165, 1.54) is 5.56 Å². The number of halogens is 1. The fraction of sp³-hybridized carbons (Fsp3) is 0.152. The summed E-state index contributed by atoms with van der Waals surface area (Å²) >= 11 is 7.00. The quantitative estimate of drug-likeness (QED) is 0.232. The number of aromatic nitrogens is 1. The molecule has 0 N–H and O–H groups in total. The first-order valence-electron chi connectivity index (χ1n) is 12.7. The molecule has 0 aliphatic carbocycles. The standard InChI is InChI=1S/C33H26ClNO3/c1-18(2)20-14-27-25-10-7-22(36-3)16-29(25)35(33(27)28(34)15-20)21-6-9-24-19(13-21)5-12-30-32(24)26-11-8-23(37-4)17-31(26)38-30/h5-18H,1-4H3. The van der Waals surface area contributed by atoms with Crippen molar-refractivity contribution in [1.82, 2.24) is 4.57 Å². The largest absolute Gasteiger partial charge is 0.497 e. The number of fused-ring (bicyclic) bond motifs is 8. The highest BCUT2D eigenvalue weighted by molar-refractivity contribution is 6.36. The Bertz CT molecular complexity index is 2050. The molecule has 2 heterocycles. The zero-order valence-corrected chi connectivity index (χ0v) is 22.4. The Morgan fingerprint density at radius 2 is 1.45 bits per heavy atom. The summed E-state index contributed by atoms with van der Waals surface area (Å²) in [5.41, 5.74) is 6.00. The van der Waals surface area contributed by atoms with Crippen molar-refractivity contribution < 1.29 is 13.9 Å². The van der Waals surface area contributed by atoms with Gasteiger partial charge in [-0.05, 0) is 76.9 Å². The van der Waals surface area contributed by atoms with E-state index >= 15 is 0 Å². The van der Waals surface area contributed by atoms with Gasteiger partial charge in [-0.25, -0.2) is 0 Å². The summed E-state index contributed by atoms with van der Waals surface area (Å²) in [7, 11) is 3.37. The van der Waals surface area contributed by atoms with Crippen LogP contribution in [0.1, 0.15) is 25.3 Å². The van der Waals surface area contributed by atoms with Gasteiger partial charge in [-0.3, -0.25) is 0 Å². The molecule has 0 saturated heterocycles. The molecule has 0 atom stereocenters. The summed E-state index contributed by atoms with van der Waals surface area (Å²) < 4.78 is 19.4. The molecule has 0 unspecified atom stereocenters.